The molecule has 2 aromatic heterocycles. The summed E-state index contributed by atoms with van der Waals surface area (Å²) in [5, 5.41) is 8.90. The van der Waals surface area contributed by atoms with E-state index in [1.165, 1.54) is 6.07 Å². The lowest BCUT2D eigenvalue weighted by molar-refractivity contribution is 0.249. The number of anilines is 1. The predicted molar refractivity (Wildman–Crippen MR) is 115 cm³/mol. The van der Waals surface area contributed by atoms with E-state index >= 15 is 0 Å². The van der Waals surface area contributed by atoms with Crippen molar-refractivity contribution >= 4 is 16.7 Å². The number of fused-ring (bicyclic) bond motifs is 1. The number of nitrogens with zero attached hydrogens (tertiary/aromatic N) is 4. The second-order valence-corrected chi connectivity index (χ2v) is 8.15. The maximum atomic E-state index is 14.3. The van der Waals surface area contributed by atoms with Gasteiger partial charge in [0, 0.05) is 45.9 Å². The molecule has 3 aromatic rings. The van der Waals surface area contributed by atoms with E-state index in [0.29, 0.717) is 30.3 Å². The van der Waals surface area contributed by atoms with Gasteiger partial charge in [-0.05, 0) is 54.7 Å². The van der Waals surface area contributed by atoms with E-state index in [9.17, 15) is 9.18 Å². The maximum Gasteiger partial charge on any atom is 0.252 e. The van der Waals surface area contributed by atoms with Crippen LogP contribution in [0.5, 0.6) is 0 Å². The van der Waals surface area contributed by atoms with E-state index in [0.717, 1.165) is 54.6 Å². The second kappa shape index (κ2) is 7.54. The van der Waals surface area contributed by atoms with E-state index in [2.05, 4.69) is 14.9 Å². The minimum atomic E-state index is -0.351. The molecule has 1 N–H and O–H groups in total. The third-order valence-corrected chi connectivity index (χ3v) is 5.99. The SMILES string of the molecule is N#Cc1ccc(N2CCN(Cc3cnc4cc(C5CC5)c(=O)[nH]c4c3)CC2)c(F)c1.[HH]. The molecular weight excluding hydrogens is 381 g/mol. The highest BCUT2D eigenvalue weighted by Crippen LogP contribution is 2.38. The number of halogens is 1. The monoisotopic (exact) mass is 405 g/mol. The molecule has 2 aliphatic rings. The fourth-order valence-electron chi connectivity index (χ4n) is 4.16. The van der Waals surface area contributed by atoms with Gasteiger partial charge in [0.2, 0.25) is 0 Å². The van der Waals surface area contributed by atoms with Crippen LogP contribution in [0.3, 0.4) is 0 Å². The Labute approximate surface area is 175 Å². The Bertz CT molecular complexity index is 1210. The van der Waals surface area contributed by atoms with Crippen LogP contribution in [-0.4, -0.2) is 41.0 Å². The Hall–Kier alpha value is -3.24. The summed E-state index contributed by atoms with van der Waals surface area (Å²) in [6.07, 6.45) is 4.06. The van der Waals surface area contributed by atoms with Crippen LogP contribution >= 0.6 is 0 Å². The lowest BCUT2D eigenvalue weighted by Gasteiger charge is -2.36. The number of hydrogen-bond donors (Lipinski definition) is 1. The first-order chi connectivity index (χ1) is 14.6. The number of rotatable bonds is 4. The minimum absolute atomic E-state index is 0. The van der Waals surface area contributed by atoms with Crippen LogP contribution in [0.25, 0.3) is 11.0 Å². The Morgan fingerprint density at radius 2 is 2.00 bits per heavy atom. The van der Waals surface area contributed by atoms with Crippen LogP contribution in [0, 0.1) is 17.1 Å². The number of aromatic amines is 1. The molecule has 0 bridgehead atoms. The van der Waals surface area contributed by atoms with Crippen molar-refractivity contribution in [3.05, 3.63) is 69.4 Å². The van der Waals surface area contributed by atoms with Gasteiger partial charge in [0.1, 0.15) is 5.82 Å². The average Bonchev–Trinajstić information content (AvgIpc) is 3.59. The van der Waals surface area contributed by atoms with Gasteiger partial charge in [0.25, 0.3) is 5.56 Å². The highest BCUT2D eigenvalue weighted by molar-refractivity contribution is 5.75. The molecule has 6 nitrogen and oxygen atoms in total. The summed E-state index contributed by atoms with van der Waals surface area (Å²) < 4.78 is 14.3. The smallest absolute Gasteiger partial charge is 0.252 e. The highest BCUT2D eigenvalue weighted by Gasteiger charge is 2.26. The molecule has 1 aliphatic carbocycles. The summed E-state index contributed by atoms with van der Waals surface area (Å²) in [5.74, 6) is 0.0487. The molecule has 1 aliphatic heterocycles. The zero-order chi connectivity index (χ0) is 20.7. The Balaban J connectivity index is 0.00000231. The molecule has 0 amide bonds. The molecule has 0 radical (unpaired) electrons. The average molecular weight is 405 g/mol. The standard InChI is InChI=1S/C23H22FN5O.H2/c24-19-9-15(12-25)1-4-22(19)29-7-5-28(6-8-29)14-16-10-21-20(26-13-16)11-18(17-2-3-17)23(30)27-21;/h1,4,9-11,13,17H,2-3,5-8,14H2,(H,27,30);1H. The molecule has 0 unspecified atom stereocenters. The van der Waals surface area contributed by atoms with Gasteiger partial charge >= 0.3 is 0 Å². The van der Waals surface area contributed by atoms with Gasteiger partial charge in [-0.15, -0.1) is 0 Å². The van der Waals surface area contributed by atoms with Crippen molar-refractivity contribution in [2.45, 2.75) is 25.3 Å². The van der Waals surface area contributed by atoms with E-state index in [1.807, 2.05) is 29.3 Å². The van der Waals surface area contributed by atoms with Crippen molar-refractivity contribution in [2.75, 3.05) is 31.1 Å². The molecule has 30 heavy (non-hydrogen) atoms. The molecule has 154 valence electrons. The largest absolute Gasteiger partial charge is 0.367 e. The third-order valence-electron chi connectivity index (χ3n) is 5.99. The van der Waals surface area contributed by atoms with Gasteiger partial charge in [-0.3, -0.25) is 14.7 Å². The van der Waals surface area contributed by atoms with Gasteiger partial charge in [-0.2, -0.15) is 5.26 Å². The van der Waals surface area contributed by atoms with E-state index in [1.54, 1.807) is 12.1 Å². The molecule has 1 saturated carbocycles. The molecule has 0 spiro atoms. The molecule has 1 saturated heterocycles. The van der Waals surface area contributed by atoms with Crippen LogP contribution < -0.4 is 10.5 Å². The van der Waals surface area contributed by atoms with Crippen molar-refractivity contribution in [3.63, 3.8) is 0 Å². The molecule has 2 fully saturated rings. The summed E-state index contributed by atoms with van der Waals surface area (Å²) in [6.45, 7) is 3.76. The molecule has 3 heterocycles. The first kappa shape index (κ1) is 18.8. The highest BCUT2D eigenvalue weighted by atomic mass is 19.1. The van der Waals surface area contributed by atoms with Gasteiger partial charge in [-0.1, -0.05) is 0 Å². The zero-order valence-corrected chi connectivity index (χ0v) is 16.6. The fraction of sp³-hybridized carbons (Fsp3) is 0.348. The Morgan fingerprint density at radius 3 is 2.70 bits per heavy atom. The van der Waals surface area contributed by atoms with Crippen molar-refractivity contribution < 1.29 is 5.82 Å². The Kier molecular flexibility index (Phi) is 4.72. The second-order valence-electron chi connectivity index (χ2n) is 8.15. The lowest BCUT2D eigenvalue weighted by atomic mass is 10.1. The summed E-state index contributed by atoms with van der Waals surface area (Å²) in [7, 11) is 0. The molecule has 7 heteroatoms. The van der Waals surface area contributed by atoms with Crippen LogP contribution in [0.2, 0.25) is 0 Å². The summed E-state index contributed by atoms with van der Waals surface area (Å²) >= 11 is 0. The first-order valence-corrected chi connectivity index (χ1v) is 10.3. The van der Waals surface area contributed by atoms with Crippen molar-refractivity contribution in [1.82, 2.24) is 14.9 Å². The number of pyridine rings is 2. The van der Waals surface area contributed by atoms with Gasteiger partial charge in [0.05, 0.1) is 28.4 Å². The zero-order valence-electron chi connectivity index (χ0n) is 16.6. The number of benzene rings is 1. The van der Waals surface area contributed by atoms with E-state index in [-0.39, 0.29) is 12.8 Å². The first-order valence-electron chi connectivity index (χ1n) is 10.3. The molecular formula is C23H24FN5O. The van der Waals surface area contributed by atoms with Crippen LogP contribution in [-0.2, 0) is 6.54 Å². The fourth-order valence-corrected chi connectivity index (χ4v) is 4.16. The van der Waals surface area contributed by atoms with E-state index in [4.69, 9.17) is 5.26 Å². The van der Waals surface area contributed by atoms with Crippen LogP contribution in [0.15, 0.2) is 41.3 Å². The summed E-state index contributed by atoms with van der Waals surface area (Å²) in [5.41, 5.74) is 4.40. The summed E-state index contributed by atoms with van der Waals surface area (Å²) in [4.78, 5) is 24.2. The van der Waals surface area contributed by atoms with Gasteiger partial charge in [0.15, 0.2) is 0 Å². The maximum absolute atomic E-state index is 14.3. The number of nitrogens with one attached hydrogen (secondary N) is 1. The number of nitriles is 1. The van der Waals surface area contributed by atoms with Gasteiger partial charge in [-0.25, -0.2) is 4.39 Å². The lowest BCUT2D eigenvalue weighted by Crippen LogP contribution is -2.46. The van der Waals surface area contributed by atoms with Gasteiger partial charge < -0.3 is 9.88 Å². The number of piperazine rings is 1. The minimum Gasteiger partial charge on any atom is -0.367 e. The number of hydrogen-bond acceptors (Lipinski definition) is 5. The van der Waals surface area contributed by atoms with Crippen LogP contribution in [0.4, 0.5) is 10.1 Å². The number of aromatic nitrogens is 2. The number of H-pyrrole nitrogens is 1. The van der Waals surface area contributed by atoms with Crippen molar-refractivity contribution in [1.29, 1.82) is 5.26 Å². The topological polar surface area (TPSA) is 76.0 Å². The summed E-state index contributed by atoms with van der Waals surface area (Å²) in [6, 6.07) is 10.5. The predicted octanol–water partition coefficient (Wildman–Crippen LogP) is 3.38. The normalized spacial score (nSPS) is 17.3. The van der Waals surface area contributed by atoms with Crippen LogP contribution in [0.1, 0.15) is 36.9 Å². The van der Waals surface area contributed by atoms with Crippen molar-refractivity contribution in [3.8, 4) is 6.07 Å². The molecule has 5 rings (SSSR count). The Morgan fingerprint density at radius 1 is 1.20 bits per heavy atom. The van der Waals surface area contributed by atoms with E-state index < -0.39 is 0 Å². The molecule has 1 aromatic carbocycles. The molecule has 0 atom stereocenters. The van der Waals surface area contributed by atoms with Crippen molar-refractivity contribution in [2.24, 2.45) is 0 Å². The third kappa shape index (κ3) is 3.66. The quantitative estimate of drug-likeness (QED) is 0.720.